The summed E-state index contributed by atoms with van der Waals surface area (Å²) in [5.41, 5.74) is 4.47. The third-order valence-electron chi connectivity index (χ3n) is 5.66. The highest BCUT2D eigenvalue weighted by Gasteiger charge is 2.29. The fourth-order valence-corrected chi connectivity index (χ4v) is 4.42. The molecule has 0 fully saturated rings. The number of carbonyl (C=O) groups excluding carboxylic acids is 2. The van der Waals surface area contributed by atoms with Crippen molar-refractivity contribution in [3.63, 3.8) is 0 Å². The van der Waals surface area contributed by atoms with Crippen LogP contribution < -0.4 is 5.32 Å². The van der Waals surface area contributed by atoms with Crippen LogP contribution in [0, 0.1) is 0 Å². The molecule has 3 aromatic heterocycles. The van der Waals surface area contributed by atoms with Crippen molar-refractivity contribution in [2.45, 2.75) is 26.0 Å². The van der Waals surface area contributed by atoms with Gasteiger partial charge >= 0.3 is 5.97 Å². The summed E-state index contributed by atoms with van der Waals surface area (Å²) >= 11 is 3.48. The first-order valence-electron chi connectivity index (χ1n) is 11.1. The van der Waals surface area contributed by atoms with E-state index in [1.807, 2.05) is 35.7 Å². The Kier molecular flexibility index (Phi) is 7.57. The second-order valence-electron chi connectivity index (χ2n) is 7.84. The predicted molar refractivity (Wildman–Crippen MR) is 135 cm³/mol. The minimum Gasteiger partial charge on any atom is -0.467 e. The molecule has 1 atom stereocenters. The normalized spacial score (nSPS) is 11.9. The van der Waals surface area contributed by atoms with Crippen molar-refractivity contribution in [3.05, 3.63) is 87.9 Å². The van der Waals surface area contributed by atoms with Crippen LogP contribution in [0.3, 0.4) is 0 Å². The number of esters is 1. The fourth-order valence-electron chi connectivity index (χ4n) is 4.06. The van der Waals surface area contributed by atoms with Gasteiger partial charge in [0.1, 0.15) is 5.69 Å². The topological polar surface area (TPSA) is 94.8 Å². The molecule has 1 amide bonds. The van der Waals surface area contributed by atoms with E-state index in [0.29, 0.717) is 22.4 Å². The van der Waals surface area contributed by atoms with Crippen molar-refractivity contribution in [1.29, 1.82) is 0 Å². The number of ether oxygens (including phenoxy) is 2. The Labute approximate surface area is 211 Å². The van der Waals surface area contributed by atoms with Gasteiger partial charge in [0.15, 0.2) is 6.04 Å². The lowest BCUT2D eigenvalue weighted by Crippen LogP contribution is -2.35. The van der Waals surface area contributed by atoms with Gasteiger partial charge in [-0.1, -0.05) is 37.3 Å². The number of benzene rings is 1. The van der Waals surface area contributed by atoms with Gasteiger partial charge in [-0.15, -0.1) is 0 Å². The summed E-state index contributed by atoms with van der Waals surface area (Å²) in [7, 11) is 2.84. The van der Waals surface area contributed by atoms with Gasteiger partial charge in [0, 0.05) is 40.8 Å². The molecule has 4 aromatic rings. The Morgan fingerprint density at radius 1 is 1.11 bits per heavy atom. The number of nitrogens with zero attached hydrogens (tertiary/aromatic N) is 3. The zero-order valence-corrected chi connectivity index (χ0v) is 21.2. The summed E-state index contributed by atoms with van der Waals surface area (Å²) in [6.07, 6.45) is 4.13. The number of aryl methyl sites for hydroxylation is 1. The molecule has 0 saturated carbocycles. The minimum absolute atomic E-state index is 0.0999. The second-order valence-corrected chi connectivity index (χ2v) is 8.75. The van der Waals surface area contributed by atoms with Gasteiger partial charge in [0.2, 0.25) is 0 Å². The number of nitrogens with one attached hydrogen (secondary N) is 1. The van der Waals surface area contributed by atoms with Crippen LogP contribution in [0.5, 0.6) is 0 Å². The zero-order valence-electron chi connectivity index (χ0n) is 19.6. The monoisotopic (exact) mass is 536 g/mol. The maximum atomic E-state index is 13.9. The highest BCUT2D eigenvalue weighted by molar-refractivity contribution is 9.10. The van der Waals surface area contributed by atoms with E-state index in [1.54, 1.807) is 43.8 Å². The van der Waals surface area contributed by atoms with E-state index in [4.69, 9.17) is 14.6 Å². The lowest BCUT2D eigenvalue weighted by Gasteiger charge is -2.20. The van der Waals surface area contributed by atoms with E-state index in [-0.39, 0.29) is 6.61 Å². The highest BCUT2D eigenvalue weighted by Crippen LogP contribution is 2.33. The molecule has 0 aliphatic carbocycles. The zero-order chi connectivity index (χ0) is 24.9. The number of amides is 1. The molecule has 0 aliphatic heterocycles. The first-order chi connectivity index (χ1) is 17.0. The highest BCUT2D eigenvalue weighted by atomic mass is 79.9. The van der Waals surface area contributed by atoms with Crippen LogP contribution in [0.4, 0.5) is 0 Å². The first kappa shape index (κ1) is 24.6. The third kappa shape index (κ3) is 4.96. The summed E-state index contributed by atoms with van der Waals surface area (Å²) < 4.78 is 13.0. The van der Waals surface area contributed by atoms with Gasteiger partial charge in [-0.3, -0.25) is 9.78 Å². The van der Waals surface area contributed by atoms with Gasteiger partial charge in [-0.25, -0.2) is 9.31 Å². The molecular weight excluding hydrogens is 512 g/mol. The average Bonchev–Trinajstić information content (AvgIpc) is 3.29. The van der Waals surface area contributed by atoms with Crippen molar-refractivity contribution < 1.29 is 19.1 Å². The number of methoxy groups -OCH3 is 2. The van der Waals surface area contributed by atoms with Crippen molar-refractivity contribution in [1.82, 2.24) is 19.9 Å². The molecule has 35 heavy (non-hydrogen) atoms. The predicted octanol–water partition coefficient (Wildman–Crippen LogP) is 4.51. The van der Waals surface area contributed by atoms with Crippen LogP contribution in [0.2, 0.25) is 0 Å². The summed E-state index contributed by atoms with van der Waals surface area (Å²) in [5.74, 6) is -1.05. The van der Waals surface area contributed by atoms with Crippen LogP contribution in [0.25, 0.3) is 16.6 Å². The maximum Gasteiger partial charge on any atom is 0.333 e. The van der Waals surface area contributed by atoms with Crippen LogP contribution >= 0.6 is 15.9 Å². The molecule has 0 bridgehead atoms. The van der Waals surface area contributed by atoms with Crippen LogP contribution in [0.15, 0.2) is 65.4 Å². The van der Waals surface area contributed by atoms with E-state index in [9.17, 15) is 9.59 Å². The van der Waals surface area contributed by atoms with E-state index >= 15 is 0 Å². The number of fused-ring (bicyclic) bond motifs is 1. The molecule has 4 rings (SSSR count). The summed E-state index contributed by atoms with van der Waals surface area (Å²) in [5, 5.41) is 7.61. The molecule has 0 spiro atoms. The minimum atomic E-state index is -0.994. The number of hydrogen-bond donors (Lipinski definition) is 1. The Balaban J connectivity index is 1.94. The van der Waals surface area contributed by atoms with Crippen LogP contribution in [0.1, 0.15) is 40.3 Å². The molecule has 180 valence electrons. The lowest BCUT2D eigenvalue weighted by molar-refractivity contribution is -0.143. The maximum absolute atomic E-state index is 13.9. The van der Waals surface area contributed by atoms with Crippen molar-refractivity contribution in [2.24, 2.45) is 0 Å². The van der Waals surface area contributed by atoms with Crippen molar-refractivity contribution in [2.75, 3.05) is 14.2 Å². The molecular formula is C26H25BrN4O4. The van der Waals surface area contributed by atoms with Crippen LogP contribution in [-0.2, 0) is 27.3 Å². The fraction of sp³-hybridized carbons (Fsp3) is 0.231. The largest absolute Gasteiger partial charge is 0.467 e. The number of carbonyl (C=O) groups is 2. The molecule has 1 unspecified atom stereocenters. The van der Waals surface area contributed by atoms with Gasteiger partial charge in [-0.2, -0.15) is 5.10 Å². The van der Waals surface area contributed by atoms with E-state index < -0.39 is 17.9 Å². The lowest BCUT2D eigenvalue weighted by atomic mass is 9.98. The Morgan fingerprint density at radius 2 is 1.89 bits per heavy atom. The number of rotatable bonds is 8. The van der Waals surface area contributed by atoms with Gasteiger partial charge in [0.25, 0.3) is 5.91 Å². The van der Waals surface area contributed by atoms with E-state index in [0.717, 1.165) is 27.7 Å². The second kappa shape index (κ2) is 10.8. The quantitative estimate of drug-likeness (QED) is 0.333. The molecule has 8 nitrogen and oxygen atoms in total. The average molecular weight is 537 g/mol. The van der Waals surface area contributed by atoms with E-state index in [2.05, 4.69) is 26.2 Å². The number of hydrogen-bond acceptors (Lipinski definition) is 6. The Bertz CT molecular complexity index is 1370. The van der Waals surface area contributed by atoms with Crippen LogP contribution in [-0.4, -0.2) is 40.7 Å². The van der Waals surface area contributed by atoms with Crippen molar-refractivity contribution in [3.8, 4) is 11.1 Å². The number of pyridine rings is 1. The molecule has 0 aliphatic rings. The molecule has 0 saturated heterocycles. The SMILES string of the molecule is CCc1ccc2c(-c3cncc(Br)c3)c(C(=O)NC(C(=O)OC)c3ccccc3)c(COC)nn12. The first-order valence-corrected chi connectivity index (χ1v) is 11.8. The molecule has 9 heteroatoms. The van der Waals surface area contributed by atoms with Gasteiger partial charge in [0.05, 0.1) is 24.8 Å². The van der Waals surface area contributed by atoms with E-state index in [1.165, 1.54) is 7.11 Å². The van der Waals surface area contributed by atoms with Crippen molar-refractivity contribution >= 4 is 33.3 Å². The van der Waals surface area contributed by atoms with Gasteiger partial charge < -0.3 is 14.8 Å². The molecule has 1 N–H and O–H groups in total. The summed E-state index contributed by atoms with van der Waals surface area (Å²) in [6, 6.07) is 13.8. The molecule has 0 radical (unpaired) electrons. The third-order valence-corrected chi connectivity index (χ3v) is 6.09. The smallest absolute Gasteiger partial charge is 0.333 e. The summed E-state index contributed by atoms with van der Waals surface area (Å²) in [6.45, 7) is 2.14. The summed E-state index contributed by atoms with van der Waals surface area (Å²) in [4.78, 5) is 30.8. The molecule has 1 aromatic carbocycles. The standard InChI is InChI=1S/C26H25BrN4O4/c1-4-19-10-11-21-22(17-12-18(27)14-28-13-17)23(20(15-34-2)30-31(19)21)25(32)29-24(26(33)35-3)16-8-6-5-7-9-16/h5-14,24H,4,15H2,1-3H3,(H,29,32). The van der Waals surface area contributed by atoms with Gasteiger partial charge in [-0.05, 0) is 46.1 Å². The molecule has 3 heterocycles. The number of halogens is 1. The Morgan fingerprint density at radius 3 is 2.54 bits per heavy atom. The Hall–Kier alpha value is -3.56. The number of aromatic nitrogens is 3.